The summed E-state index contributed by atoms with van der Waals surface area (Å²) >= 11 is 0. The lowest BCUT2D eigenvalue weighted by molar-refractivity contribution is -0.162. The van der Waals surface area contributed by atoms with Gasteiger partial charge in [0.15, 0.2) is 0 Å². The molecule has 29 heavy (non-hydrogen) atoms. The van der Waals surface area contributed by atoms with Gasteiger partial charge in [0, 0.05) is 0 Å². The number of benzene rings is 2. The molecule has 0 bridgehead atoms. The van der Waals surface area contributed by atoms with E-state index in [9.17, 15) is 14.4 Å². The van der Waals surface area contributed by atoms with Crippen molar-refractivity contribution in [2.24, 2.45) is 11.8 Å². The smallest absolute Gasteiger partial charge is 0.337 e. The van der Waals surface area contributed by atoms with Crippen molar-refractivity contribution < 1.29 is 23.9 Å². The highest BCUT2D eigenvalue weighted by molar-refractivity contribution is 6.06. The second-order valence-corrected chi connectivity index (χ2v) is 7.52. The van der Waals surface area contributed by atoms with Crippen LogP contribution in [0.3, 0.4) is 0 Å². The molecule has 0 fully saturated rings. The summed E-state index contributed by atoms with van der Waals surface area (Å²) in [7, 11) is 1.28. The molecule has 1 amide bonds. The van der Waals surface area contributed by atoms with E-state index in [2.05, 4.69) is 4.74 Å². The normalized spacial score (nSPS) is 12.0. The van der Waals surface area contributed by atoms with Crippen LogP contribution < -0.4 is 10.9 Å². The minimum absolute atomic E-state index is 0.155. The summed E-state index contributed by atoms with van der Waals surface area (Å²) < 4.78 is 10.1. The van der Waals surface area contributed by atoms with Gasteiger partial charge in [0.2, 0.25) is 0 Å². The number of methoxy groups -OCH3 is 1. The number of hydrazine groups is 1. The van der Waals surface area contributed by atoms with Crippen LogP contribution in [0, 0.1) is 5.92 Å². The van der Waals surface area contributed by atoms with Crippen molar-refractivity contribution in [1.29, 1.82) is 0 Å². The lowest BCUT2D eigenvalue weighted by Gasteiger charge is -2.26. The molecular formula is C22H26N2O5. The van der Waals surface area contributed by atoms with Crippen LogP contribution in [0.15, 0.2) is 54.6 Å². The number of ether oxygens (including phenoxy) is 2. The standard InChI is InChI=1S/C22H26N2O5/c1-22(2,3)29-21(27)18(14-15-8-6-5-7-9-15)19(25)24(23)17-12-10-16(11-13-17)20(26)28-4/h5-13,18H,14,23H2,1-4H3. The highest BCUT2D eigenvalue weighted by Gasteiger charge is 2.34. The van der Waals surface area contributed by atoms with Crippen molar-refractivity contribution in [3.63, 3.8) is 0 Å². The highest BCUT2D eigenvalue weighted by atomic mass is 16.6. The first kappa shape index (κ1) is 22.1. The maximum absolute atomic E-state index is 13.1. The zero-order chi connectivity index (χ0) is 21.6. The molecule has 0 saturated carbocycles. The Bertz CT molecular complexity index is 857. The van der Waals surface area contributed by atoms with Gasteiger partial charge in [0.05, 0.1) is 18.4 Å². The van der Waals surface area contributed by atoms with E-state index in [1.165, 1.54) is 31.4 Å². The van der Waals surface area contributed by atoms with E-state index < -0.39 is 29.4 Å². The first-order valence-corrected chi connectivity index (χ1v) is 9.16. The van der Waals surface area contributed by atoms with E-state index in [0.717, 1.165) is 10.6 Å². The monoisotopic (exact) mass is 398 g/mol. The number of rotatable bonds is 6. The number of carbonyl (C=O) groups excluding carboxylic acids is 3. The number of nitrogens with two attached hydrogens (primary N) is 1. The molecular weight excluding hydrogens is 372 g/mol. The molecule has 1 unspecified atom stereocenters. The van der Waals surface area contributed by atoms with Gasteiger partial charge in [-0.25, -0.2) is 15.6 Å². The van der Waals surface area contributed by atoms with E-state index in [4.69, 9.17) is 10.6 Å². The van der Waals surface area contributed by atoms with Crippen LogP contribution in [0.2, 0.25) is 0 Å². The molecule has 7 nitrogen and oxygen atoms in total. The summed E-state index contributed by atoms with van der Waals surface area (Å²) in [6, 6.07) is 15.2. The summed E-state index contributed by atoms with van der Waals surface area (Å²) in [5.41, 5.74) is 0.731. The Labute approximate surface area is 170 Å². The van der Waals surface area contributed by atoms with Crippen LogP contribution in [0.4, 0.5) is 5.69 Å². The van der Waals surface area contributed by atoms with E-state index >= 15 is 0 Å². The minimum atomic E-state index is -1.11. The maximum Gasteiger partial charge on any atom is 0.337 e. The second-order valence-electron chi connectivity index (χ2n) is 7.52. The molecule has 0 spiro atoms. The van der Waals surface area contributed by atoms with Gasteiger partial charge in [0.1, 0.15) is 11.5 Å². The van der Waals surface area contributed by atoms with E-state index in [-0.39, 0.29) is 6.42 Å². The Morgan fingerprint density at radius 3 is 2.10 bits per heavy atom. The molecule has 0 saturated heterocycles. The number of hydrogen-bond acceptors (Lipinski definition) is 6. The van der Waals surface area contributed by atoms with Gasteiger partial charge < -0.3 is 9.47 Å². The molecule has 0 heterocycles. The number of esters is 2. The number of anilines is 1. The molecule has 0 aliphatic heterocycles. The molecule has 2 aromatic rings. The third-order valence-electron chi connectivity index (χ3n) is 4.08. The first-order valence-electron chi connectivity index (χ1n) is 9.16. The average molecular weight is 398 g/mol. The Hall–Kier alpha value is -3.19. The van der Waals surface area contributed by atoms with Crippen molar-refractivity contribution in [1.82, 2.24) is 0 Å². The highest BCUT2D eigenvalue weighted by Crippen LogP contribution is 2.21. The minimum Gasteiger partial charge on any atom is -0.465 e. The Balaban J connectivity index is 2.27. The van der Waals surface area contributed by atoms with Gasteiger partial charge in [-0.3, -0.25) is 9.59 Å². The van der Waals surface area contributed by atoms with Gasteiger partial charge in [-0.05, 0) is 57.0 Å². The van der Waals surface area contributed by atoms with Crippen LogP contribution in [0.25, 0.3) is 0 Å². The second kappa shape index (κ2) is 9.34. The number of amides is 1. The molecule has 0 aliphatic carbocycles. The Kier molecular flexibility index (Phi) is 7.12. The Morgan fingerprint density at radius 2 is 1.59 bits per heavy atom. The Morgan fingerprint density at radius 1 is 1.00 bits per heavy atom. The van der Waals surface area contributed by atoms with Gasteiger partial charge in [-0.2, -0.15) is 0 Å². The topological polar surface area (TPSA) is 98.9 Å². The van der Waals surface area contributed by atoms with Crippen molar-refractivity contribution >= 4 is 23.5 Å². The van der Waals surface area contributed by atoms with E-state index in [1.54, 1.807) is 20.8 Å². The summed E-state index contributed by atoms with van der Waals surface area (Å²) in [6.45, 7) is 5.21. The fraction of sp³-hybridized carbons (Fsp3) is 0.318. The fourth-order valence-electron chi connectivity index (χ4n) is 2.67. The summed E-state index contributed by atoms with van der Waals surface area (Å²) in [5.74, 6) is 3.16. The van der Waals surface area contributed by atoms with Crippen LogP contribution in [0.1, 0.15) is 36.7 Å². The van der Waals surface area contributed by atoms with E-state index in [1.807, 2.05) is 30.3 Å². The molecule has 154 valence electrons. The largest absolute Gasteiger partial charge is 0.465 e. The van der Waals surface area contributed by atoms with Gasteiger partial charge in [-0.15, -0.1) is 0 Å². The molecule has 2 aromatic carbocycles. The summed E-state index contributed by atoms with van der Waals surface area (Å²) in [5, 5.41) is 0.901. The third-order valence-corrected chi connectivity index (χ3v) is 4.08. The summed E-state index contributed by atoms with van der Waals surface area (Å²) in [4.78, 5) is 37.4. The summed E-state index contributed by atoms with van der Waals surface area (Å²) in [6.07, 6.45) is 0.155. The van der Waals surface area contributed by atoms with Gasteiger partial charge in [0.25, 0.3) is 5.91 Å². The third kappa shape index (κ3) is 6.15. The fourth-order valence-corrected chi connectivity index (χ4v) is 2.67. The number of hydrogen-bond donors (Lipinski definition) is 1. The van der Waals surface area contributed by atoms with Crippen molar-refractivity contribution in [3.05, 3.63) is 65.7 Å². The van der Waals surface area contributed by atoms with E-state index in [0.29, 0.717) is 11.3 Å². The molecule has 0 radical (unpaired) electrons. The number of carbonyl (C=O) groups is 3. The predicted octanol–water partition coefficient (Wildman–Crippen LogP) is 2.88. The molecule has 0 aromatic heterocycles. The SMILES string of the molecule is COC(=O)c1ccc(N(N)C(=O)C(Cc2ccccc2)C(=O)OC(C)(C)C)cc1. The maximum atomic E-state index is 13.1. The van der Waals surface area contributed by atoms with Crippen LogP contribution in [-0.4, -0.2) is 30.6 Å². The van der Waals surface area contributed by atoms with Crippen LogP contribution in [0.5, 0.6) is 0 Å². The first-order chi connectivity index (χ1) is 13.6. The van der Waals surface area contributed by atoms with Crippen molar-refractivity contribution in [2.45, 2.75) is 32.8 Å². The van der Waals surface area contributed by atoms with Crippen LogP contribution >= 0.6 is 0 Å². The molecule has 0 aliphatic rings. The zero-order valence-corrected chi connectivity index (χ0v) is 17.0. The van der Waals surface area contributed by atoms with Crippen molar-refractivity contribution in [2.75, 3.05) is 12.1 Å². The lowest BCUT2D eigenvalue weighted by atomic mass is 9.97. The molecule has 2 N–H and O–H groups in total. The van der Waals surface area contributed by atoms with Gasteiger partial charge >= 0.3 is 11.9 Å². The zero-order valence-electron chi connectivity index (χ0n) is 17.0. The lowest BCUT2D eigenvalue weighted by Crippen LogP contribution is -2.46. The average Bonchev–Trinajstić information content (AvgIpc) is 2.70. The number of nitrogens with zero attached hydrogens (tertiary/aromatic N) is 1. The molecule has 7 heteroatoms. The quantitative estimate of drug-likeness (QED) is 0.264. The van der Waals surface area contributed by atoms with Gasteiger partial charge in [-0.1, -0.05) is 30.3 Å². The predicted molar refractivity (Wildman–Crippen MR) is 109 cm³/mol. The van der Waals surface area contributed by atoms with Crippen molar-refractivity contribution in [3.8, 4) is 0 Å². The van der Waals surface area contributed by atoms with Crippen LogP contribution in [-0.2, 0) is 25.5 Å². The molecule has 2 rings (SSSR count). The molecule has 1 atom stereocenters.